The quantitative estimate of drug-likeness (QED) is 0.432. The Morgan fingerprint density at radius 3 is 2.45 bits per heavy atom. The molecule has 0 bridgehead atoms. The number of rotatable bonds is 7. The summed E-state index contributed by atoms with van der Waals surface area (Å²) in [5.74, 6) is 0. The van der Waals surface area contributed by atoms with Crippen molar-refractivity contribution in [3.63, 3.8) is 0 Å². The second kappa shape index (κ2) is 8.71. The Kier molecular flexibility index (Phi) is 6.01. The van der Waals surface area contributed by atoms with Gasteiger partial charge in [0.25, 0.3) is 0 Å². The van der Waals surface area contributed by atoms with Gasteiger partial charge in [-0.3, -0.25) is 0 Å². The number of fused-ring (bicyclic) bond motifs is 1. The molecular weight excluding hydrogens is 372 g/mol. The standard InChI is InChI=1S/C31H34/c1-7-10-24-16-26-17-28(18-27(26)19-30(24)20(2)3)29-14-9-13-25(29)15-23(6)31-21(4)11-8-12-22(31)5/h8,11-14,16,18-19H,2,6-7,9-10,15,17H2,1,3-5H3. The maximum atomic E-state index is 4.48. The first-order valence-electron chi connectivity index (χ1n) is 11.6. The summed E-state index contributed by atoms with van der Waals surface area (Å²) in [6.07, 6.45) is 12.5. The van der Waals surface area contributed by atoms with Crippen molar-refractivity contribution in [3.8, 4) is 0 Å². The second-order valence-electron chi connectivity index (χ2n) is 9.21. The summed E-state index contributed by atoms with van der Waals surface area (Å²) in [4.78, 5) is 0. The van der Waals surface area contributed by atoms with Crippen LogP contribution < -0.4 is 0 Å². The fraction of sp³-hybridized carbons (Fsp3) is 0.290. The maximum absolute atomic E-state index is 4.48. The number of hydrogen-bond donors (Lipinski definition) is 0. The summed E-state index contributed by atoms with van der Waals surface area (Å²) in [6.45, 7) is 17.5. The molecule has 0 N–H and O–H groups in total. The van der Waals surface area contributed by atoms with Crippen LogP contribution in [0.2, 0.25) is 0 Å². The van der Waals surface area contributed by atoms with Gasteiger partial charge in [-0.25, -0.2) is 0 Å². The largest absolute Gasteiger partial charge is 0.0955 e. The summed E-state index contributed by atoms with van der Waals surface area (Å²) >= 11 is 0. The van der Waals surface area contributed by atoms with Crippen molar-refractivity contribution < 1.29 is 0 Å². The average Bonchev–Trinajstić information content (AvgIpc) is 3.33. The molecule has 2 aliphatic rings. The van der Waals surface area contributed by atoms with E-state index >= 15 is 0 Å². The molecule has 158 valence electrons. The number of hydrogen-bond acceptors (Lipinski definition) is 0. The molecule has 2 aromatic rings. The maximum Gasteiger partial charge on any atom is -0.00136 e. The molecule has 0 amide bonds. The van der Waals surface area contributed by atoms with Crippen molar-refractivity contribution in [1.82, 2.24) is 0 Å². The third kappa shape index (κ3) is 4.17. The molecule has 0 saturated heterocycles. The zero-order valence-electron chi connectivity index (χ0n) is 19.6. The van der Waals surface area contributed by atoms with Crippen molar-refractivity contribution in [2.24, 2.45) is 0 Å². The SMILES string of the molecule is C=C(C)c1cc2c(cc1CCC)CC(C1=CCC=C1CC(=C)c1c(C)cccc1C)=C2. The Balaban J connectivity index is 1.58. The summed E-state index contributed by atoms with van der Waals surface area (Å²) in [6, 6.07) is 11.3. The molecule has 0 aliphatic heterocycles. The van der Waals surface area contributed by atoms with Gasteiger partial charge in [0.15, 0.2) is 0 Å². The van der Waals surface area contributed by atoms with E-state index in [0.717, 1.165) is 32.1 Å². The van der Waals surface area contributed by atoms with E-state index in [1.54, 1.807) is 0 Å². The van der Waals surface area contributed by atoms with Gasteiger partial charge in [-0.1, -0.05) is 74.6 Å². The van der Waals surface area contributed by atoms with E-state index in [0.29, 0.717) is 0 Å². The molecule has 0 aromatic heterocycles. The molecule has 2 aromatic carbocycles. The van der Waals surface area contributed by atoms with Crippen molar-refractivity contribution in [3.05, 3.63) is 111 Å². The summed E-state index contributed by atoms with van der Waals surface area (Å²) in [5, 5.41) is 0. The number of aryl methyl sites for hydroxylation is 3. The highest BCUT2D eigenvalue weighted by Crippen LogP contribution is 2.40. The molecule has 0 nitrogen and oxygen atoms in total. The second-order valence-corrected chi connectivity index (χ2v) is 9.21. The Labute approximate surface area is 188 Å². The molecule has 31 heavy (non-hydrogen) atoms. The highest BCUT2D eigenvalue weighted by Gasteiger charge is 2.22. The lowest BCUT2D eigenvalue weighted by Crippen LogP contribution is -1.98. The molecule has 0 fully saturated rings. The zero-order chi connectivity index (χ0) is 22.1. The van der Waals surface area contributed by atoms with Crippen LogP contribution in [0, 0.1) is 13.8 Å². The van der Waals surface area contributed by atoms with Gasteiger partial charge < -0.3 is 0 Å². The van der Waals surface area contributed by atoms with Crippen LogP contribution in [0.25, 0.3) is 17.2 Å². The number of benzene rings is 2. The molecule has 4 rings (SSSR count). The minimum atomic E-state index is 0.920. The van der Waals surface area contributed by atoms with E-state index in [2.05, 4.69) is 89.4 Å². The third-order valence-electron chi connectivity index (χ3n) is 6.67. The lowest BCUT2D eigenvalue weighted by molar-refractivity contribution is 0.915. The molecule has 2 aliphatic carbocycles. The molecular formula is C31H34. The predicted molar refractivity (Wildman–Crippen MR) is 137 cm³/mol. The minimum Gasteiger partial charge on any atom is -0.0955 e. The number of allylic oxidation sites excluding steroid dienone is 7. The normalized spacial score (nSPS) is 14.8. The first-order valence-corrected chi connectivity index (χ1v) is 11.6. The monoisotopic (exact) mass is 406 g/mol. The molecule has 0 spiro atoms. The van der Waals surface area contributed by atoms with E-state index in [-0.39, 0.29) is 0 Å². The van der Waals surface area contributed by atoms with Crippen LogP contribution in [-0.4, -0.2) is 0 Å². The van der Waals surface area contributed by atoms with Gasteiger partial charge in [0, 0.05) is 0 Å². The van der Waals surface area contributed by atoms with Gasteiger partial charge in [0.2, 0.25) is 0 Å². The molecule has 0 radical (unpaired) electrons. The predicted octanol–water partition coefficient (Wildman–Crippen LogP) is 8.59. The zero-order valence-corrected chi connectivity index (χ0v) is 19.6. The molecule has 0 atom stereocenters. The van der Waals surface area contributed by atoms with Crippen molar-refractivity contribution in [1.29, 1.82) is 0 Å². The van der Waals surface area contributed by atoms with Gasteiger partial charge in [0.1, 0.15) is 0 Å². The highest BCUT2D eigenvalue weighted by atomic mass is 14.3. The van der Waals surface area contributed by atoms with E-state index in [9.17, 15) is 0 Å². The van der Waals surface area contributed by atoms with Crippen LogP contribution in [-0.2, 0) is 12.8 Å². The van der Waals surface area contributed by atoms with Crippen LogP contribution in [0.4, 0.5) is 0 Å². The smallest absolute Gasteiger partial charge is 0.00136 e. The van der Waals surface area contributed by atoms with Crippen LogP contribution >= 0.6 is 0 Å². The summed E-state index contributed by atoms with van der Waals surface area (Å²) in [7, 11) is 0. The van der Waals surface area contributed by atoms with Crippen LogP contribution in [0.15, 0.2) is 72.4 Å². The summed E-state index contributed by atoms with van der Waals surface area (Å²) < 4.78 is 0. The van der Waals surface area contributed by atoms with Crippen molar-refractivity contribution in [2.75, 3.05) is 0 Å². The van der Waals surface area contributed by atoms with Gasteiger partial charge in [0.05, 0.1) is 0 Å². The lowest BCUT2D eigenvalue weighted by Gasteiger charge is -2.16. The van der Waals surface area contributed by atoms with E-state index in [1.165, 1.54) is 66.8 Å². The lowest BCUT2D eigenvalue weighted by atomic mass is 9.89. The molecule has 0 heteroatoms. The Bertz CT molecular complexity index is 1140. The molecule has 0 saturated carbocycles. The fourth-order valence-corrected chi connectivity index (χ4v) is 5.25. The van der Waals surface area contributed by atoms with Crippen LogP contribution in [0.3, 0.4) is 0 Å². The molecule has 0 unspecified atom stereocenters. The van der Waals surface area contributed by atoms with Gasteiger partial charge in [-0.05, 0) is 114 Å². The van der Waals surface area contributed by atoms with Gasteiger partial charge >= 0.3 is 0 Å². The first kappa shape index (κ1) is 21.4. The summed E-state index contributed by atoms with van der Waals surface area (Å²) in [5.41, 5.74) is 16.3. The Hall–Kier alpha value is -2.86. The van der Waals surface area contributed by atoms with E-state index < -0.39 is 0 Å². The van der Waals surface area contributed by atoms with E-state index in [4.69, 9.17) is 0 Å². The van der Waals surface area contributed by atoms with Gasteiger partial charge in [-0.2, -0.15) is 0 Å². The average molecular weight is 407 g/mol. The Morgan fingerprint density at radius 2 is 1.77 bits per heavy atom. The third-order valence-corrected chi connectivity index (χ3v) is 6.67. The van der Waals surface area contributed by atoms with Crippen molar-refractivity contribution in [2.45, 2.75) is 59.8 Å². The fourth-order valence-electron chi connectivity index (χ4n) is 5.25. The van der Waals surface area contributed by atoms with Crippen LogP contribution in [0.5, 0.6) is 0 Å². The van der Waals surface area contributed by atoms with Gasteiger partial charge in [-0.15, -0.1) is 0 Å². The molecule has 0 heterocycles. The minimum absolute atomic E-state index is 0.920. The highest BCUT2D eigenvalue weighted by molar-refractivity contribution is 5.78. The van der Waals surface area contributed by atoms with E-state index in [1.807, 2.05) is 0 Å². The first-order chi connectivity index (χ1) is 14.9. The Morgan fingerprint density at radius 1 is 1.03 bits per heavy atom. The topological polar surface area (TPSA) is 0 Å². The van der Waals surface area contributed by atoms with Crippen molar-refractivity contribution >= 4 is 17.2 Å². The van der Waals surface area contributed by atoms with Crippen LogP contribution in [0.1, 0.15) is 72.1 Å².